The van der Waals surface area contributed by atoms with Crippen LogP contribution in [-0.4, -0.2) is 34.8 Å². The van der Waals surface area contributed by atoms with Crippen LogP contribution in [0.25, 0.3) is 0 Å². The molecule has 1 rings (SSSR count). The largest absolute Gasteiger partial charge is 0.369 e. The first-order valence-electron chi connectivity index (χ1n) is 3.35. The zero-order chi connectivity index (χ0) is 10.1. The monoisotopic (exact) mass is 204 g/mol. The summed E-state index contributed by atoms with van der Waals surface area (Å²) in [6.07, 6.45) is 1.04. The minimum atomic E-state index is -3.80. The van der Waals surface area contributed by atoms with Crippen molar-refractivity contribution in [2.75, 3.05) is 0 Å². The van der Waals surface area contributed by atoms with E-state index in [0.29, 0.717) is 0 Å². The van der Waals surface area contributed by atoms with Gasteiger partial charge in [0.2, 0.25) is 20.9 Å². The van der Waals surface area contributed by atoms with Crippen molar-refractivity contribution < 1.29 is 13.2 Å². The van der Waals surface area contributed by atoms with E-state index in [2.05, 4.69) is 15.2 Å². The van der Waals surface area contributed by atoms with E-state index in [1.165, 1.54) is 6.92 Å². The summed E-state index contributed by atoms with van der Waals surface area (Å²) in [6.45, 7) is 1.19. The number of carbonyl (C=O) groups is 1. The van der Waals surface area contributed by atoms with Gasteiger partial charge in [-0.15, -0.1) is 0 Å². The quantitative estimate of drug-likeness (QED) is 0.617. The molecule has 0 aliphatic carbocycles. The molecule has 0 spiro atoms. The van der Waals surface area contributed by atoms with Crippen LogP contribution in [0.1, 0.15) is 6.92 Å². The first-order valence-corrected chi connectivity index (χ1v) is 4.89. The fraction of sp³-hybridized carbons (Fsp3) is 0.400. The Hall–Kier alpha value is -1.44. The van der Waals surface area contributed by atoms with Crippen LogP contribution in [0.3, 0.4) is 0 Å². The minimum Gasteiger partial charge on any atom is -0.369 e. The van der Waals surface area contributed by atoms with Crippen molar-refractivity contribution in [1.82, 2.24) is 15.2 Å². The van der Waals surface area contributed by atoms with Crippen molar-refractivity contribution in [2.24, 2.45) is 5.73 Å². The summed E-state index contributed by atoms with van der Waals surface area (Å²) in [6, 6.07) is 0. The van der Waals surface area contributed by atoms with Crippen LogP contribution in [0.5, 0.6) is 0 Å². The lowest BCUT2D eigenvalue weighted by atomic mass is 10.5. The molecule has 0 saturated carbocycles. The molecule has 72 valence electrons. The summed E-state index contributed by atoms with van der Waals surface area (Å²) in [5.74, 6) is -0.920. The highest BCUT2D eigenvalue weighted by atomic mass is 32.2. The topological polar surface area (TPSA) is 119 Å². The van der Waals surface area contributed by atoms with E-state index >= 15 is 0 Å². The van der Waals surface area contributed by atoms with Crippen LogP contribution in [0.4, 0.5) is 0 Å². The number of hydrogen-bond acceptors (Lipinski definition) is 5. The molecule has 0 bridgehead atoms. The Balaban J connectivity index is 3.11. The number of sulfone groups is 1. The zero-order valence-electron chi connectivity index (χ0n) is 6.76. The maximum atomic E-state index is 11.4. The first-order chi connectivity index (χ1) is 5.96. The normalized spacial score (nSPS) is 13.9. The van der Waals surface area contributed by atoms with Crippen LogP contribution in [0.2, 0.25) is 0 Å². The Bertz CT molecular complexity index is 395. The molecule has 7 nitrogen and oxygen atoms in total. The molecule has 0 saturated heterocycles. The third-order valence-corrected chi connectivity index (χ3v) is 3.43. The molecular weight excluding hydrogens is 196 g/mol. The van der Waals surface area contributed by atoms with Crippen molar-refractivity contribution in [2.45, 2.75) is 17.3 Å². The molecule has 1 amide bonds. The van der Waals surface area contributed by atoms with Crippen LogP contribution in [0, 0.1) is 0 Å². The Morgan fingerprint density at radius 1 is 1.69 bits per heavy atom. The van der Waals surface area contributed by atoms with Gasteiger partial charge >= 0.3 is 0 Å². The zero-order valence-corrected chi connectivity index (χ0v) is 7.58. The molecule has 0 aliphatic rings. The van der Waals surface area contributed by atoms with Crippen LogP contribution >= 0.6 is 0 Å². The highest BCUT2D eigenvalue weighted by Crippen LogP contribution is 2.08. The molecule has 0 fully saturated rings. The van der Waals surface area contributed by atoms with E-state index in [1.54, 1.807) is 0 Å². The van der Waals surface area contributed by atoms with E-state index in [-0.39, 0.29) is 5.16 Å². The number of aromatic amines is 1. The Morgan fingerprint density at radius 3 is 2.69 bits per heavy atom. The highest BCUT2D eigenvalue weighted by molar-refractivity contribution is 7.92. The van der Waals surface area contributed by atoms with Crippen molar-refractivity contribution in [1.29, 1.82) is 0 Å². The molecule has 0 aromatic carbocycles. The maximum Gasteiger partial charge on any atom is 0.243 e. The lowest BCUT2D eigenvalue weighted by Gasteiger charge is -2.04. The summed E-state index contributed by atoms with van der Waals surface area (Å²) in [4.78, 5) is 14.1. The number of carbonyl (C=O) groups excluding carboxylic acids is 1. The van der Waals surface area contributed by atoms with E-state index in [0.717, 1.165) is 6.33 Å². The summed E-state index contributed by atoms with van der Waals surface area (Å²) < 4.78 is 22.8. The molecule has 1 aromatic rings. The number of nitrogens with zero attached hydrogens (tertiary/aromatic N) is 2. The second-order valence-electron chi connectivity index (χ2n) is 2.38. The Kier molecular flexibility index (Phi) is 2.32. The molecule has 1 atom stereocenters. The molecular formula is C5H8N4O3S. The van der Waals surface area contributed by atoms with Crippen molar-refractivity contribution in [3.63, 3.8) is 0 Å². The molecule has 1 heterocycles. The van der Waals surface area contributed by atoms with Crippen molar-refractivity contribution in [3.8, 4) is 0 Å². The van der Waals surface area contributed by atoms with E-state index in [4.69, 9.17) is 5.73 Å². The first kappa shape index (κ1) is 9.65. The number of H-pyrrole nitrogens is 1. The summed E-state index contributed by atoms with van der Waals surface area (Å²) >= 11 is 0. The van der Waals surface area contributed by atoms with Gasteiger partial charge in [-0.2, -0.15) is 5.10 Å². The van der Waals surface area contributed by atoms with Gasteiger partial charge in [0.05, 0.1) is 0 Å². The number of amides is 1. The SMILES string of the molecule is CC(C(N)=O)S(=O)(=O)c1ncn[nH]1. The molecule has 0 aliphatic heterocycles. The average molecular weight is 204 g/mol. The number of aromatic nitrogens is 3. The maximum absolute atomic E-state index is 11.4. The Labute approximate surface area is 74.3 Å². The van der Waals surface area contributed by atoms with Gasteiger partial charge in [0.15, 0.2) is 0 Å². The molecule has 3 N–H and O–H groups in total. The van der Waals surface area contributed by atoms with E-state index < -0.39 is 21.0 Å². The van der Waals surface area contributed by atoms with Gasteiger partial charge in [-0.25, -0.2) is 13.4 Å². The Morgan fingerprint density at radius 2 is 2.31 bits per heavy atom. The second kappa shape index (κ2) is 3.13. The summed E-state index contributed by atoms with van der Waals surface area (Å²) in [5, 5.41) is 3.87. The smallest absolute Gasteiger partial charge is 0.243 e. The second-order valence-corrected chi connectivity index (χ2v) is 4.56. The lowest BCUT2D eigenvalue weighted by Crippen LogP contribution is -2.33. The summed E-state index contributed by atoms with van der Waals surface area (Å²) in [7, 11) is -3.80. The molecule has 0 radical (unpaired) electrons. The fourth-order valence-corrected chi connectivity index (χ4v) is 1.67. The van der Waals surface area contributed by atoms with Crippen molar-refractivity contribution in [3.05, 3.63) is 6.33 Å². The fourth-order valence-electron chi connectivity index (χ4n) is 0.652. The molecule has 1 aromatic heterocycles. The summed E-state index contributed by atoms with van der Waals surface area (Å²) in [5.41, 5.74) is 4.85. The van der Waals surface area contributed by atoms with Gasteiger partial charge in [-0.3, -0.25) is 9.89 Å². The van der Waals surface area contributed by atoms with Gasteiger partial charge < -0.3 is 5.73 Å². The third-order valence-electron chi connectivity index (χ3n) is 1.53. The predicted octanol–water partition coefficient (Wildman–Crippen LogP) is -1.55. The number of nitrogens with one attached hydrogen (secondary N) is 1. The number of nitrogens with two attached hydrogens (primary N) is 1. The van der Waals surface area contributed by atoms with E-state index in [9.17, 15) is 13.2 Å². The molecule has 1 unspecified atom stereocenters. The highest BCUT2D eigenvalue weighted by Gasteiger charge is 2.30. The lowest BCUT2D eigenvalue weighted by molar-refractivity contribution is -0.117. The number of rotatable bonds is 3. The minimum absolute atomic E-state index is 0.348. The van der Waals surface area contributed by atoms with E-state index in [1.807, 2.05) is 0 Å². The third kappa shape index (κ3) is 1.66. The molecule has 13 heavy (non-hydrogen) atoms. The molecule has 8 heteroatoms. The standard InChI is InChI=1S/C5H8N4O3S/c1-3(4(6)10)13(11,12)5-7-2-8-9-5/h2-3H,1H3,(H2,6,10)(H,7,8,9). The average Bonchev–Trinajstić information content (AvgIpc) is 2.54. The van der Waals surface area contributed by atoms with Crippen LogP contribution in [-0.2, 0) is 14.6 Å². The van der Waals surface area contributed by atoms with Gasteiger partial charge in [0.1, 0.15) is 11.6 Å². The van der Waals surface area contributed by atoms with Gasteiger partial charge in [-0.1, -0.05) is 0 Å². The van der Waals surface area contributed by atoms with Crippen LogP contribution in [0.15, 0.2) is 11.5 Å². The number of hydrogen-bond donors (Lipinski definition) is 2. The van der Waals surface area contributed by atoms with Crippen molar-refractivity contribution >= 4 is 15.7 Å². The van der Waals surface area contributed by atoms with Gasteiger partial charge in [0, 0.05) is 0 Å². The predicted molar refractivity (Wildman–Crippen MR) is 42.2 cm³/mol. The van der Waals surface area contributed by atoms with Crippen LogP contribution < -0.4 is 5.73 Å². The number of primary amides is 1. The van der Waals surface area contributed by atoms with Gasteiger partial charge in [-0.05, 0) is 6.92 Å². The van der Waals surface area contributed by atoms with Gasteiger partial charge in [0.25, 0.3) is 0 Å².